The molecule has 1 heterocycles. The number of hydrogen-bond acceptors (Lipinski definition) is 8. The first-order chi connectivity index (χ1) is 18.5. The van der Waals surface area contributed by atoms with Crippen molar-refractivity contribution in [2.75, 3.05) is 26.7 Å². The second kappa shape index (κ2) is 12.5. The molecule has 3 rings (SSSR count). The topological polar surface area (TPSA) is 203 Å². The van der Waals surface area contributed by atoms with Crippen molar-refractivity contribution in [1.29, 1.82) is 5.41 Å². The summed E-state index contributed by atoms with van der Waals surface area (Å²) in [5.74, 6) is -4.17. The predicted octanol–water partition coefficient (Wildman–Crippen LogP) is -0.296. The highest BCUT2D eigenvalue weighted by molar-refractivity contribution is 6.01. The van der Waals surface area contributed by atoms with E-state index in [1.807, 2.05) is 0 Å². The standard InChI is InChI=1S/C26H29N5O8/c1-39-22(35)13-20-26(38)30(14-21(33)34)10-11-31(20)25(37)19(12-15-2-8-18(32)9-3-15)29-24(36)17-6-4-16(5-7-17)23(27)28/h2-9,19-20,32H,10-14H2,1H3,(H3,27,28)(H,29,36)(H,33,34)/t19-,20+/m0/s1. The minimum atomic E-state index is -1.33. The summed E-state index contributed by atoms with van der Waals surface area (Å²) < 4.78 is 4.68. The van der Waals surface area contributed by atoms with Crippen molar-refractivity contribution in [2.45, 2.75) is 24.9 Å². The number of nitrogen functional groups attached to an aromatic ring is 1. The smallest absolute Gasteiger partial charge is 0.323 e. The number of piperazine rings is 1. The largest absolute Gasteiger partial charge is 0.508 e. The number of nitrogens with zero attached hydrogens (tertiary/aromatic N) is 2. The lowest BCUT2D eigenvalue weighted by atomic mass is 10.0. The van der Waals surface area contributed by atoms with Gasteiger partial charge in [0.25, 0.3) is 5.91 Å². The Bertz CT molecular complexity index is 1260. The number of phenolic OH excluding ortho intramolecular Hbond substituents is 1. The molecule has 13 nitrogen and oxygen atoms in total. The van der Waals surface area contributed by atoms with Crippen LogP contribution in [0.4, 0.5) is 0 Å². The van der Waals surface area contributed by atoms with Crippen LogP contribution in [-0.2, 0) is 30.3 Å². The third-order valence-electron chi connectivity index (χ3n) is 6.22. The molecule has 2 atom stereocenters. The van der Waals surface area contributed by atoms with Crippen LogP contribution in [0.15, 0.2) is 48.5 Å². The maximum absolute atomic E-state index is 13.8. The number of carbonyl (C=O) groups is 5. The van der Waals surface area contributed by atoms with Gasteiger partial charge in [-0.1, -0.05) is 24.3 Å². The first-order valence-electron chi connectivity index (χ1n) is 11.9. The minimum absolute atomic E-state index is 0.00881. The van der Waals surface area contributed by atoms with Crippen LogP contribution in [0.3, 0.4) is 0 Å². The molecule has 0 radical (unpaired) electrons. The van der Waals surface area contributed by atoms with Crippen LogP contribution in [-0.4, -0.2) is 94.3 Å². The van der Waals surface area contributed by atoms with Crippen LogP contribution in [0.1, 0.15) is 27.9 Å². The fourth-order valence-electron chi connectivity index (χ4n) is 4.17. The van der Waals surface area contributed by atoms with E-state index in [0.29, 0.717) is 11.1 Å². The molecule has 1 fully saturated rings. The molecule has 6 N–H and O–H groups in total. The van der Waals surface area contributed by atoms with Gasteiger partial charge in [0, 0.05) is 30.6 Å². The molecule has 2 aromatic rings. The van der Waals surface area contributed by atoms with Gasteiger partial charge in [-0.15, -0.1) is 0 Å². The zero-order valence-corrected chi connectivity index (χ0v) is 21.1. The number of hydrogen-bond donors (Lipinski definition) is 5. The first kappa shape index (κ1) is 28.6. The van der Waals surface area contributed by atoms with Gasteiger partial charge in [-0.2, -0.15) is 0 Å². The molecule has 1 aliphatic rings. The highest BCUT2D eigenvalue weighted by atomic mass is 16.5. The van der Waals surface area contributed by atoms with Crippen LogP contribution < -0.4 is 11.1 Å². The molecular weight excluding hydrogens is 510 g/mol. The number of phenols is 1. The fraction of sp³-hybridized carbons (Fsp3) is 0.308. The minimum Gasteiger partial charge on any atom is -0.508 e. The van der Waals surface area contributed by atoms with Gasteiger partial charge in [0.2, 0.25) is 11.8 Å². The molecular formula is C26H29N5O8. The lowest BCUT2D eigenvalue weighted by Crippen LogP contribution is -2.63. The number of benzene rings is 2. The number of ether oxygens (including phenoxy) is 1. The van der Waals surface area contributed by atoms with Crippen LogP contribution in [0, 0.1) is 5.41 Å². The number of nitrogens with two attached hydrogens (primary N) is 1. The maximum Gasteiger partial charge on any atom is 0.323 e. The molecule has 0 bridgehead atoms. The van der Waals surface area contributed by atoms with Crippen molar-refractivity contribution in [2.24, 2.45) is 5.73 Å². The number of esters is 1. The average Bonchev–Trinajstić information content (AvgIpc) is 2.91. The predicted molar refractivity (Wildman–Crippen MR) is 137 cm³/mol. The monoisotopic (exact) mass is 539 g/mol. The summed E-state index contributed by atoms with van der Waals surface area (Å²) in [6.07, 6.45) is -0.506. The normalized spacial score (nSPS) is 15.8. The van der Waals surface area contributed by atoms with Crippen LogP contribution >= 0.6 is 0 Å². The second-order valence-corrected chi connectivity index (χ2v) is 8.87. The van der Waals surface area contributed by atoms with Crippen molar-refractivity contribution in [3.8, 4) is 5.75 Å². The molecule has 0 spiro atoms. The van der Waals surface area contributed by atoms with Gasteiger partial charge in [-0.25, -0.2) is 0 Å². The zero-order valence-electron chi connectivity index (χ0n) is 21.1. The van der Waals surface area contributed by atoms with Crippen LogP contribution in [0.5, 0.6) is 5.75 Å². The van der Waals surface area contributed by atoms with Crippen molar-refractivity contribution >= 4 is 35.5 Å². The second-order valence-electron chi connectivity index (χ2n) is 8.87. The molecule has 0 aliphatic carbocycles. The lowest BCUT2D eigenvalue weighted by Gasteiger charge is -2.41. The van der Waals surface area contributed by atoms with Gasteiger partial charge in [0.1, 0.15) is 30.2 Å². The Balaban J connectivity index is 1.91. The molecule has 0 saturated carbocycles. The first-order valence-corrected chi connectivity index (χ1v) is 11.9. The van der Waals surface area contributed by atoms with E-state index in [-0.39, 0.29) is 36.7 Å². The molecule has 1 aliphatic heterocycles. The summed E-state index contributed by atoms with van der Waals surface area (Å²) in [7, 11) is 1.13. The molecule has 1 saturated heterocycles. The van der Waals surface area contributed by atoms with Crippen LogP contribution in [0.2, 0.25) is 0 Å². The molecule has 206 valence electrons. The third kappa shape index (κ3) is 7.31. The molecule has 13 heteroatoms. The maximum atomic E-state index is 13.8. The third-order valence-corrected chi connectivity index (χ3v) is 6.22. The van der Waals surface area contributed by atoms with E-state index in [4.69, 9.17) is 16.2 Å². The number of carbonyl (C=O) groups excluding carboxylic acids is 4. The van der Waals surface area contributed by atoms with E-state index in [0.717, 1.165) is 16.9 Å². The number of amides is 3. The van der Waals surface area contributed by atoms with Gasteiger partial charge in [0.15, 0.2) is 0 Å². The SMILES string of the molecule is COC(=O)C[C@@H]1C(=O)N(CC(=O)O)CCN1C(=O)[C@H](Cc1ccc(O)cc1)NC(=O)c1ccc(C(=N)N)cc1. The number of aromatic hydroxyl groups is 1. The molecule has 2 aromatic carbocycles. The van der Waals surface area contributed by atoms with E-state index in [9.17, 15) is 29.1 Å². The van der Waals surface area contributed by atoms with Gasteiger partial charge in [-0.05, 0) is 29.8 Å². The Morgan fingerprint density at radius 1 is 1.08 bits per heavy atom. The summed E-state index contributed by atoms with van der Waals surface area (Å²) in [5, 5.41) is 28.9. The van der Waals surface area contributed by atoms with Gasteiger partial charge < -0.3 is 35.8 Å². The van der Waals surface area contributed by atoms with Gasteiger partial charge in [-0.3, -0.25) is 29.4 Å². The van der Waals surface area contributed by atoms with E-state index in [2.05, 4.69) is 10.1 Å². The van der Waals surface area contributed by atoms with Crippen molar-refractivity contribution in [3.05, 3.63) is 65.2 Å². The Morgan fingerprint density at radius 3 is 2.26 bits per heavy atom. The Morgan fingerprint density at radius 2 is 1.69 bits per heavy atom. The Hall–Kier alpha value is -4.94. The van der Waals surface area contributed by atoms with Crippen molar-refractivity contribution in [1.82, 2.24) is 15.1 Å². The van der Waals surface area contributed by atoms with Gasteiger partial charge >= 0.3 is 11.9 Å². The number of aliphatic carboxylic acids is 1. The lowest BCUT2D eigenvalue weighted by molar-refractivity contribution is -0.159. The Kier molecular flexibility index (Phi) is 9.20. The summed E-state index contributed by atoms with van der Waals surface area (Å²) in [4.78, 5) is 65.5. The summed E-state index contributed by atoms with van der Waals surface area (Å²) in [5.41, 5.74) is 6.66. The zero-order chi connectivity index (χ0) is 28.7. The van der Waals surface area contributed by atoms with Crippen molar-refractivity contribution < 1.29 is 38.9 Å². The molecule has 0 aromatic heterocycles. The quantitative estimate of drug-likeness (QED) is 0.153. The molecule has 39 heavy (non-hydrogen) atoms. The number of rotatable bonds is 10. The molecule has 3 amide bonds. The number of methoxy groups -OCH3 is 1. The summed E-state index contributed by atoms with van der Waals surface area (Å²) >= 11 is 0. The van der Waals surface area contributed by atoms with Gasteiger partial charge in [0.05, 0.1) is 13.5 Å². The average molecular weight is 540 g/mol. The van der Waals surface area contributed by atoms with E-state index in [1.54, 1.807) is 12.1 Å². The van der Waals surface area contributed by atoms with E-state index in [1.165, 1.54) is 36.4 Å². The molecule has 0 unspecified atom stereocenters. The van der Waals surface area contributed by atoms with E-state index >= 15 is 0 Å². The summed E-state index contributed by atoms with van der Waals surface area (Å²) in [6.45, 7) is -0.752. The fourth-order valence-corrected chi connectivity index (χ4v) is 4.17. The highest BCUT2D eigenvalue weighted by Crippen LogP contribution is 2.19. The van der Waals surface area contributed by atoms with Crippen LogP contribution in [0.25, 0.3) is 0 Å². The Labute approximate surface area is 223 Å². The number of amidine groups is 1. The highest BCUT2D eigenvalue weighted by Gasteiger charge is 2.41. The number of carboxylic acid groups (broad SMARTS) is 1. The van der Waals surface area contributed by atoms with Crippen molar-refractivity contribution in [3.63, 3.8) is 0 Å². The number of carboxylic acids is 1. The van der Waals surface area contributed by atoms with E-state index < -0.39 is 54.7 Å². The number of nitrogens with one attached hydrogen (secondary N) is 2. The summed E-state index contributed by atoms with van der Waals surface area (Å²) in [6, 6.07) is 9.35.